The molecule has 4 nitrogen and oxygen atoms in total. The van der Waals surface area contributed by atoms with Crippen LogP contribution in [0.15, 0.2) is 38.2 Å². The molecule has 1 aromatic carbocycles. The zero-order chi connectivity index (χ0) is 14.5. The molecule has 1 N–H and O–H groups in total. The predicted molar refractivity (Wildman–Crippen MR) is 87.3 cm³/mol. The summed E-state index contributed by atoms with van der Waals surface area (Å²) in [5.41, 5.74) is 0. The van der Waals surface area contributed by atoms with Crippen LogP contribution in [0.25, 0.3) is 0 Å². The number of halogens is 1. The van der Waals surface area contributed by atoms with E-state index in [1.165, 1.54) is 11.3 Å². The number of aromatic nitrogens is 2. The maximum absolute atomic E-state index is 5.34. The first kappa shape index (κ1) is 15.1. The zero-order valence-electron chi connectivity index (χ0n) is 11.7. The maximum Gasteiger partial charge on any atom is 0.226 e. The van der Waals surface area contributed by atoms with E-state index in [9.17, 15) is 0 Å². The van der Waals surface area contributed by atoms with Crippen LogP contribution in [-0.4, -0.2) is 23.2 Å². The molecule has 0 bridgehead atoms. The monoisotopic (exact) mass is 367 g/mol. The summed E-state index contributed by atoms with van der Waals surface area (Å²) in [5, 5.41) is 7.45. The zero-order valence-corrected chi connectivity index (χ0v) is 14.1. The van der Waals surface area contributed by atoms with E-state index >= 15 is 0 Å². The average Bonchev–Trinajstić information content (AvgIpc) is 3.16. The Hall–Kier alpha value is -0.850. The lowest BCUT2D eigenvalue weighted by Crippen LogP contribution is -2.09. The molecule has 0 spiro atoms. The van der Waals surface area contributed by atoms with Crippen molar-refractivity contribution in [2.45, 2.75) is 29.9 Å². The van der Waals surface area contributed by atoms with Crippen molar-refractivity contribution in [2.24, 2.45) is 5.92 Å². The van der Waals surface area contributed by atoms with Gasteiger partial charge < -0.3 is 9.84 Å². The van der Waals surface area contributed by atoms with E-state index in [2.05, 4.69) is 37.5 Å². The lowest BCUT2D eigenvalue weighted by atomic mass is 10.0. The normalized spacial score (nSPS) is 18.2. The molecule has 1 aliphatic rings. The minimum absolute atomic E-state index is 0.733. The second-order valence-electron chi connectivity index (χ2n) is 5.22. The third-order valence-corrected chi connectivity index (χ3v) is 5.66. The Kier molecular flexibility index (Phi) is 5.32. The van der Waals surface area contributed by atoms with Crippen molar-refractivity contribution in [1.82, 2.24) is 15.5 Å². The minimum Gasteiger partial charge on any atom is -0.339 e. The third kappa shape index (κ3) is 4.31. The highest BCUT2D eigenvalue weighted by atomic mass is 79.9. The van der Waals surface area contributed by atoms with Crippen LogP contribution in [0.3, 0.4) is 0 Å². The van der Waals surface area contributed by atoms with E-state index in [0.29, 0.717) is 0 Å². The van der Waals surface area contributed by atoms with Crippen LogP contribution < -0.4 is 5.32 Å². The Morgan fingerprint density at radius 1 is 1.38 bits per heavy atom. The van der Waals surface area contributed by atoms with Crippen molar-refractivity contribution in [3.8, 4) is 0 Å². The van der Waals surface area contributed by atoms with Crippen molar-refractivity contribution >= 4 is 27.7 Å². The molecule has 0 saturated carbocycles. The van der Waals surface area contributed by atoms with Gasteiger partial charge in [-0.1, -0.05) is 17.3 Å². The first-order valence-corrected chi connectivity index (χ1v) is 8.98. The van der Waals surface area contributed by atoms with Gasteiger partial charge in [-0.25, -0.2) is 0 Å². The Balaban J connectivity index is 1.49. The van der Waals surface area contributed by atoms with Gasteiger partial charge in [-0.05, 0) is 59.9 Å². The van der Waals surface area contributed by atoms with Crippen molar-refractivity contribution in [1.29, 1.82) is 0 Å². The molecule has 21 heavy (non-hydrogen) atoms. The molecule has 1 aliphatic heterocycles. The van der Waals surface area contributed by atoms with Gasteiger partial charge in [0.1, 0.15) is 0 Å². The number of rotatable bonds is 6. The van der Waals surface area contributed by atoms with Crippen LogP contribution in [0, 0.1) is 5.92 Å². The summed E-state index contributed by atoms with van der Waals surface area (Å²) in [7, 11) is 0. The van der Waals surface area contributed by atoms with Crippen LogP contribution in [0.2, 0.25) is 0 Å². The number of nitrogens with zero attached hydrogens (tertiary/aromatic N) is 2. The van der Waals surface area contributed by atoms with Gasteiger partial charge >= 0.3 is 0 Å². The first-order valence-electron chi connectivity index (χ1n) is 7.21. The largest absolute Gasteiger partial charge is 0.339 e. The molecule has 0 aliphatic carbocycles. The highest BCUT2D eigenvalue weighted by Gasteiger charge is 2.16. The standard InChI is InChI=1S/C15H18BrN3OS/c16-12-3-1-2-4-13(12)21-10-14-18-15(20-19-14)6-5-11-7-8-17-9-11/h1-4,11,17H,5-10H2. The lowest BCUT2D eigenvalue weighted by molar-refractivity contribution is 0.361. The number of thioether (sulfide) groups is 1. The summed E-state index contributed by atoms with van der Waals surface area (Å²) in [6.45, 7) is 2.27. The van der Waals surface area contributed by atoms with E-state index < -0.39 is 0 Å². The fourth-order valence-electron chi connectivity index (χ4n) is 2.44. The molecule has 112 valence electrons. The number of aryl methyl sites for hydroxylation is 1. The summed E-state index contributed by atoms with van der Waals surface area (Å²) in [4.78, 5) is 5.68. The van der Waals surface area contributed by atoms with Gasteiger partial charge in [0.2, 0.25) is 5.89 Å². The summed E-state index contributed by atoms with van der Waals surface area (Å²) >= 11 is 5.26. The van der Waals surface area contributed by atoms with Gasteiger partial charge in [-0.15, -0.1) is 11.8 Å². The van der Waals surface area contributed by atoms with Crippen molar-refractivity contribution in [3.05, 3.63) is 40.5 Å². The van der Waals surface area contributed by atoms with Gasteiger partial charge in [0, 0.05) is 15.8 Å². The van der Waals surface area contributed by atoms with Crippen LogP contribution in [0.5, 0.6) is 0 Å². The van der Waals surface area contributed by atoms with Crippen molar-refractivity contribution in [2.75, 3.05) is 13.1 Å². The Labute approximate surface area is 137 Å². The van der Waals surface area contributed by atoms with Crippen molar-refractivity contribution < 1.29 is 4.52 Å². The second-order valence-corrected chi connectivity index (χ2v) is 7.09. The van der Waals surface area contributed by atoms with Crippen molar-refractivity contribution in [3.63, 3.8) is 0 Å². The maximum atomic E-state index is 5.34. The van der Waals surface area contributed by atoms with E-state index in [0.717, 1.165) is 53.8 Å². The summed E-state index contributed by atoms with van der Waals surface area (Å²) < 4.78 is 6.44. The van der Waals surface area contributed by atoms with Gasteiger partial charge in [-0.3, -0.25) is 0 Å². The molecule has 3 rings (SSSR count). The number of hydrogen-bond donors (Lipinski definition) is 1. The fourth-order valence-corrected chi connectivity index (χ4v) is 3.85. The van der Waals surface area contributed by atoms with E-state index in [1.54, 1.807) is 11.8 Å². The molecule has 2 heterocycles. The molecule has 1 fully saturated rings. The number of benzene rings is 1. The second kappa shape index (κ2) is 7.42. The summed E-state index contributed by atoms with van der Waals surface area (Å²) in [5.74, 6) is 3.03. The average molecular weight is 368 g/mol. The molecular formula is C15H18BrN3OS. The molecule has 1 atom stereocenters. The van der Waals surface area contributed by atoms with Crippen LogP contribution in [0.1, 0.15) is 24.6 Å². The highest BCUT2D eigenvalue weighted by Crippen LogP contribution is 2.29. The van der Waals surface area contributed by atoms with E-state index in [1.807, 2.05) is 18.2 Å². The molecule has 2 aromatic rings. The molecule has 1 aromatic heterocycles. The Bertz CT molecular complexity index is 584. The Morgan fingerprint density at radius 3 is 3.10 bits per heavy atom. The molecule has 6 heteroatoms. The molecule has 1 unspecified atom stereocenters. The fraction of sp³-hybridized carbons (Fsp3) is 0.467. The molecule has 0 amide bonds. The summed E-state index contributed by atoms with van der Waals surface area (Å²) in [6.07, 6.45) is 3.28. The highest BCUT2D eigenvalue weighted by molar-refractivity contribution is 9.10. The van der Waals surface area contributed by atoms with E-state index in [-0.39, 0.29) is 0 Å². The smallest absolute Gasteiger partial charge is 0.226 e. The number of hydrogen-bond acceptors (Lipinski definition) is 5. The first-order chi connectivity index (χ1) is 10.3. The van der Waals surface area contributed by atoms with Gasteiger partial charge in [0.15, 0.2) is 5.82 Å². The van der Waals surface area contributed by atoms with Gasteiger partial charge in [0.25, 0.3) is 0 Å². The van der Waals surface area contributed by atoms with Crippen LogP contribution >= 0.6 is 27.7 Å². The van der Waals surface area contributed by atoms with Crippen LogP contribution in [-0.2, 0) is 12.2 Å². The third-order valence-electron chi connectivity index (χ3n) is 3.63. The molecular weight excluding hydrogens is 350 g/mol. The SMILES string of the molecule is Brc1ccccc1SCc1noc(CCC2CCNC2)n1. The lowest BCUT2D eigenvalue weighted by Gasteiger charge is -2.04. The number of nitrogens with one attached hydrogen (secondary N) is 1. The predicted octanol–water partition coefficient (Wildman–Crippen LogP) is 3.67. The quantitative estimate of drug-likeness (QED) is 0.789. The van der Waals surface area contributed by atoms with Gasteiger partial charge in [0.05, 0.1) is 5.75 Å². The molecule has 1 saturated heterocycles. The van der Waals surface area contributed by atoms with Gasteiger partial charge in [-0.2, -0.15) is 4.98 Å². The molecule has 0 radical (unpaired) electrons. The summed E-state index contributed by atoms with van der Waals surface area (Å²) in [6, 6.07) is 8.17. The minimum atomic E-state index is 0.733. The van der Waals surface area contributed by atoms with Crippen LogP contribution in [0.4, 0.5) is 0 Å². The topological polar surface area (TPSA) is 51.0 Å². The Morgan fingerprint density at radius 2 is 2.29 bits per heavy atom. The van der Waals surface area contributed by atoms with E-state index in [4.69, 9.17) is 4.52 Å².